The summed E-state index contributed by atoms with van der Waals surface area (Å²) in [5.74, 6) is 0. The molecule has 1 unspecified atom stereocenters. The van der Waals surface area contributed by atoms with Gasteiger partial charge in [-0.25, -0.2) is 0 Å². The first-order chi connectivity index (χ1) is 13.4. The highest BCUT2D eigenvalue weighted by molar-refractivity contribution is 5.14. The maximum atomic E-state index is 10.5. The van der Waals surface area contributed by atoms with Crippen LogP contribution in [-0.2, 0) is 6.54 Å². The van der Waals surface area contributed by atoms with Crippen molar-refractivity contribution in [1.82, 2.24) is 20.0 Å². The van der Waals surface area contributed by atoms with E-state index in [1.165, 1.54) is 0 Å². The summed E-state index contributed by atoms with van der Waals surface area (Å²) in [5.41, 5.74) is 1.15. The first-order valence-corrected chi connectivity index (χ1v) is 10.4. The second-order valence-corrected chi connectivity index (χ2v) is 7.98. The minimum Gasteiger partial charge on any atom is -0.392 e. The maximum Gasteiger partial charge on any atom is 0.118 e. The first kappa shape index (κ1) is 23.2. The molecule has 1 aliphatic heterocycles. The number of rotatable bonds is 9. The lowest BCUT2D eigenvalue weighted by molar-refractivity contribution is 0.0724. The standard InChI is InChI=1S/C21H38N4O3/c1-18(26)15-23-8-9-24(16-19(2)27)11-13-25(12-10-23)17-21(28)22-14-20-6-4-3-5-7-20/h3-7,18-19,21-22,26-28H,8-17H2,1-2H3/t18-,19-,21?/m0/s1. The van der Waals surface area contributed by atoms with Crippen molar-refractivity contribution in [3.63, 3.8) is 0 Å². The van der Waals surface area contributed by atoms with Crippen molar-refractivity contribution in [3.8, 4) is 0 Å². The fourth-order valence-corrected chi connectivity index (χ4v) is 3.62. The minimum absolute atomic E-state index is 0.363. The molecule has 1 aromatic carbocycles. The van der Waals surface area contributed by atoms with E-state index in [1.54, 1.807) is 0 Å². The Balaban J connectivity index is 1.88. The summed E-state index contributed by atoms with van der Waals surface area (Å²) in [6.07, 6.45) is -1.33. The van der Waals surface area contributed by atoms with Gasteiger partial charge in [-0.05, 0) is 19.4 Å². The SMILES string of the molecule is C[C@H](O)CN1CCN(CC(O)NCc2ccccc2)CCN(C[C@H](C)O)CC1. The van der Waals surface area contributed by atoms with Crippen LogP contribution in [0.3, 0.4) is 0 Å². The van der Waals surface area contributed by atoms with Gasteiger partial charge in [-0.15, -0.1) is 0 Å². The van der Waals surface area contributed by atoms with Gasteiger partial charge in [0, 0.05) is 65.4 Å². The van der Waals surface area contributed by atoms with Crippen molar-refractivity contribution >= 4 is 0 Å². The highest BCUT2D eigenvalue weighted by Gasteiger charge is 2.19. The third-order valence-electron chi connectivity index (χ3n) is 5.06. The largest absolute Gasteiger partial charge is 0.392 e. The Kier molecular flexibility index (Phi) is 10.4. The van der Waals surface area contributed by atoms with Crippen molar-refractivity contribution in [1.29, 1.82) is 0 Å². The van der Waals surface area contributed by atoms with Crippen molar-refractivity contribution in [2.24, 2.45) is 0 Å². The quantitative estimate of drug-likeness (QED) is 0.431. The molecule has 1 saturated heterocycles. The molecule has 0 aromatic heterocycles. The van der Waals surface area contributed by atoms with E-state index >= 15 is 0 Å². The molecule has 0 amide bonds. The number of aliphatic hydroxyl groups is 3. The third kappa shape index (κ3) is 9.43. The second kappa shape index (κ2) is 12.5. The van der Waals surface area contributed by atoms with Gasteiger partial charge in [-0.1, -0.05) is 30.3 Å². The molecule has 2 rings (SSSR count). The van der Waals surface area contributed by atoms with E-state index in [2.05, 4.69) is 20.0 Å². The van der Waals surface area contributed by atoms with Gasteiger partial charge in [0.1, 0.15) is 6.23 Å². The fourth-order valence-electron chi connectivity index (χ4n) is 3.62. The molecule has 1 aliphatic rings. The summed E-state index contributed by atoms with van der Waals surface area (Å²) in [6, 6.07) is 10.1. The van der Waals surface area contributed by atoms with Crippen LogP contribution in [0.4, 0.5) is 0 Å². The monoisotopic (exact) mass is 394 g/mol. The Bertz CT molecular complexity index is 508. The average molecular weight is 395 g/mol. The molecule has 4 N–H and O–H groups in total. The molecule has 3 atom stereocenters. The van der Waals surface area contributed by atoms with Crippen LogP contribution in [0, 0.1) is 0 Å². The van der Waals surface area contributed by atoms with Gasteiger partial charge >= 0.3 is 0 Å². The normalized spacial score (nSPS) is 21.5. The molecule has 160 valence electrons. The minimum atomic E-state index is -0.601. The Morgan fingerprint density at radius 2 is 1.18 bits per heavy atom. The molecule has 0 aliphatic carbocycles. The number of nitrogens with zero attached hydrogens (tertiary/aromatic N) is 3. The van der Waals surface area contributed by atoms with Gasteiger partial charge in [0.2, 0.25) is 0 Å². The molecule has 1 heterocycles. The van der Waals surface area contributed by atoms with E-state index in [4.69, 9.17) is 0 Å². The number of nitrogens with one attached hydrogen (secondary N) is 1. The second-order valence-electron chi connectivity index (χ2n) is 7.98. The van der Waals surface area contributed by atoms with E-state index in [-0.39, 0.29) is 12.2 Å². The summed E-state index contributed by atoms with van der Waals surface area (Å²) in [4.78, 5) is 6.79. The van der Waals surface area contributed by atoms with Gasteiger partial charge in [0.15, 0.2) is 0 Å². The molecular formula is C21H38N4O3. The van der Waals surface area contributed by atoms with Gasteiger partial charge in [0.25, 0.3) is 0 Å². The highest BCUT2D eigenvalue weighted by Crippen LogP contribution is 2.04. The maximum absolute atomic E-state index is 10.5. The van der Waals surface area contributed by atoms with Crippen LogP contribution >= 0.6 is 0 Å². The van der Waals surface area contributed by atoms with E-state index in [0.29, 0.717) is 26.2 Å². The van der Waals surface area contributed by atoms with Gasteiger partial charge < -0.3 is 15.3 Å². The first-order valence-electron chi connectivity index (χ1n) is 10.4. The molecule has 28 heavy (non-hydrogen) atoms. The van der Waals surface area contributed by atoms with Crippen molar-refractivity contribution in [3.05, 3.63) is 35.9 Å². The van der Waals surface area contributed by atoms with E-state index in [9.17, 15) is 15.3 Å². The molecule has 0 saturated carbocycles. The van der Waals surface area contributed by atoms with Gasteiger partial charge in [-0.2, -0.15) is 0 Å². The van der Waals surface area contributed by atoms with Crippen LogP contribution in [0.5, 0.6) is 0 Å². The number of β-amino-alcohol motifs (C(OH)–C–C–N with tert-alkyl or cyclic N) is 3. The number of benzene rings is 1. The predicted octanol–water partition coefficient (Wildman–Crippen LogP) is -0.224. The fraction of sp³-hybridized carbons (Fsp3) is 0.714. The molecular weight excluding hydrogens is 356 g/mol. The van der Waals surface area contributed by atoms with Crippen LogP contribution in [0.2, 0.25) is 0 Å². The molecule has 1 aromatic rings. The van der Waals surface area contributed by atoms with Gasteiger partial charge in [0.05, 0.1) is 12.2 Å². The van der Waals surface area contributed by atoms with E-state index in [0.717, 1.165) is 44.8 Å². The zero-order valence-corrected chi connectivity index (χ0v) is 17.4. The third-order valence-corrected chi connectivity index (χ3v) is 5.06. The number of hydrogen-bond acceptors (Lipinski definition) is 7. The van der Waals surface area contributed by atoms with Crippen molar-refractivity contribution in [2.75, 3.05) is 58.9 Å². The topological polar surface area (TPSA) is 82.4 Å². The van der Waals surface area contributed by atoms with Crippen LogP contribution in [0.15, 0.2) is 30.3 Å². The smallest absolute Gasteiger partial charge is 0.118 e. The summed E-state index contributed by atoms with van der Waals surface area (Å²) >= 11 is 0. The van der Waals surface area contributed by atoms with Crippen LogP contribution < -0.4 is 5.32 Å². The molecule has 7 nitrogen and oxygen atoms in total. The van der Waals surface area contributed by atoms with Crippen LogP contribution in [-0.4, -0.2) is 107 Å². The lowest BCUT2D eigenvalue weighted by Crippen LogP contribution is -2.45. The summed E-state index contributed by atoms with van der Waals surface area (Å²) in [6.45, 7) is 11.3. The zero-order chi connectivity index (χ0) is 20.4. The summed E-state index contributed by atoms with van der Waals surface area (Å²) < 4.78 is 0. The van der Waals surface area contributed by atoms with Crippen molar-refractivity contribution < 1.29 is 15.3 Å². The molecule has 0 radical (unpaired) electrons. The molecule has 0 spiro atoms. The number of hydrogen-bond donors (Lipinski definition) is 4. The Labute approximate surface area is 169 Å². The van der Waals surface area contributed by atoms with Crippen molar-refractivity contribution in [2.45, 2.75) is 38.8 Å². The van der Waals surface area contributed by atoms with Crippen LogP contribution in [0.25, 0.3) is 0 Å². The Morgan fingerprint density at radius 3 is 1.61 bits per heavy atom. The summed E-state index contributed by atoms with van der Waals surface area (Å²) in [7, 11) is 0. The lowest BCUT2D eigenvalue weighted by Gasteiger charge is -2.28. The Hall–Kier alpha value is -1.06. The molecule has 7 heteroatoms. The summed E-state index contributed by atoms with van der Waals surface area (Å²) in [5, 5.41) is 33.2. The highest BCUT2D eigenvalue weighted by atomic mass is 16.3. The average Bonchev–Trinajstić information content (AvgIpc) is 2.73. The predicted molar refractivity (Wildman–Crippen MR) is 112 cm³/mol. The molecule has 0 bridgehead atoms. The number of aliphatic hydroxyl groups excluding tert-OH is 3. The molecule has 1 fully saturated rings. The van der Waals surface area contributed by atoms with Gasteiger partial charge in [-0.3, -0.25) is 20.0 Å². The lowest BCUT2D eigenvalue weighted by atomic mass is 10.2. The zero-order valence-electron chi connectivity index (χ0n) is 17.4. The van der Waals surface area contributed by atoms with E-state index < -0.39 is 6.23 Å². The Morgan fingerprint density at radius 1 is 0.750 bits per heavy atom. The van der Waals surface area contributed by atoms with Crippen LogP contribution in [0.1, 0.15) is 19.4 Å². The van der Waals surface area contributed by atoms with E-state index in [1.807, 2.05) is 44.2 Å².